The van der Waals surface area contributed by atoms with E-state index in [2.05, 4.69) is 10.2 Å². The molecule has 118 valence electrons. The third-order valence-corrected chi connectivity index (χ3v) is 6.34. The maximum atomic E-state index is 12.1. The number of amides is 1. The van der Waals surface area contributed by atoms with E-state index in [4.69, 9.17) is 5.73 Å². The molecule has 1 unspecified atom stereocenters. The van der Waals surface area contributed by atoms with Gasteiger partial charge < -0.3 is 15.2 Å². The highest BCUT2D eigenvalue weighted by molar-refractivity contribution is 7.99. The van der Waals surface area contributed by atoms with Gasteiger partial charge in [0, 0.05) is 20.1 Å². The van der Waals surface area contributed by atoms with Crippen LogP contribution in [0, 0.1) is 0 Å². The molecule has 0 aromatic carbocycles. The van der Waals surface area contributed by atoms with Crippen LogP contribution in [0.3, 0.4) is 0 Å². The average molecular weight is 333 g/mol. The molecule has 0 bridgehead atoms. The first-order chi connectivity index (χ1) is 9.84. The summed E-state index contributed by atoms with van der Waals surface area (Å²) < 4.78 is 24.7. The van der Waals surface area contributed by atoms with Crippen molar-refractivity contribution in [1.29, 1.82) is 0 Å². The molecule has 1 aliphatic rings. The topological polar surface area (TPSA) is 111 Å². The van der Waals surface area contributed by atoms with Gasteiger partial charge >= 0.3 is 0 Å². The van der Waals surface area contributed by atoms with Crippen LogP contribution in [-0.2, 0) is 28.2 Å². The number of carbonyl (C=O) groups excluding carboxylic acids is 1. The van der Waals surface area contributed by atoms with Gasteiger partial charge in [-0.1, -0.05) is 11.8 Å². The SMILES string of the molecule is CN(C(=O)CSc1nnc(CN)n1C)C1CCS(=O)(=O)C1. The lowest BCUT2D eigenvalue weighted by molar-refractivity contribution is -0.128. The van der Waals surface area contributed by atoms with E-state index in [9.17, 15) is 13.2 Å². The van der Waals surface area contributed by atoms with Crippen molar-refractivity contribution in [1.82, 2.24) is 19.7 Å². The summed E-state index contributed by atoms with van der Waals surface area (Å²) >= 11 is 1.27. The number of carbonyl (C=O) groups is 1. The summed E-state index contributed by atoms with van der Waals surface area (Å²) in [5.74, 6) is 0.954. The van der Waals surface area contributed by atoms with Crippen molar-refractivity contribution < 1.29 is 13.2 Å². The first-order valence-electron chi connectivity index (χ1n) is 6.51. The van der Waals surface area contributed by atoms with Crippen LogP contribution in [0.5, 0.6) is 0 Å². The van der Waals surface area contributed by atoms with Crippen LogP contribution in [0.25, 0.3) is 0 Å². The van der Waals surface area contributed by atoms with Crippen LogP contribution in [0.2, 0.25) is 0 Å². The Morgan fingerprint density at radius 2 is 2.24 bits per heavy atom. The summed E-state index contributed by atoms with van der Waals surface area (Å²) in [6, 6.07) is -0.220. The lowest BCUT2D eigenvalue weighted by atomic mass is 10.2. The van der Waals surface area contributed by atoms with E-state index in [-0.39, 0.29) is 35.8 Å². The smallest absolute Gasteiger partial charge is 0.233 e. The zero-order valence-electron chi connectivity index (χ0n) is 12.0. The van der Waals surface area contributed by atoms with E-state index in [0.29, 0.717) is 17.4 Å². The summed E-state index contributed by atoms with van der Waals surface area (Å²) in [6.07, 6.45) is 0.510. The van der Waals surface area contributed by atoms with Gasteiger partial charge in [0.15, 0.2) is 15.0 Å². The van der Waals surface area contributed by atoms with Crippen molar-refractivity contribution in [2.45, 2.75) is 24.2 Å². The molecule has 1 amide bonds. The van der Waals surface area contributed by atoms with E-state index >= 15 is 0 Å². The number of thioether (sulfide) groups is 1. The predicted molar refractivity (Wildman–Crippen MR) is 79.4 cm³/mol. The Morgan fingerprint density at radius 3 is 2.76 bits per heavy atom. The number of hydrogen-bond donors (Lipinski definition) is 1. The number of nitrogens with zero attached hydrogens (tertiary/aromatic N) is 4. The molecule has 0 aliphatic carbocycles. The minimum Gasteiger partial charge on any atom is -0.341 e. The molecule has 1 saturated heterocycles. The Labute approximate surface area is 128 Å². The Balaban J connectivity index is 1.91. The normalized spacial score (nSPS) is 20.6. The van der Waals surface area contributed by atoms with E-state index < -0.39 is 9.84 Å². The highest BCUT2D eigenvalue weighted by Gasteiger charge is 2.32. The predicted octanol–water partition coefficient (Wildman–Crippen LogP) is -0.989. The van der Waals surface area contributed by atoms with Crippen molar-refractivity contribution in [2.24, 2.45) is 12.8 Å². The van der Waals surface area contributed by atoms with Gasteiger partial charge in [-0.05, 0) is 6.42 Å². The van der Waals surface area contributed by atoms with Gasteiger partial charge in [0.1, 0.15) is 5.82 Å². The van der Waals surface area contributed by atoms with Crippen LogP contribution >= 0.6 is 11.8 Å². The summed E-state index contributed by atoms with van der Waals surface area (Å²) in [5, 5.41) is 8.51. The Bertz CT molecular complexity index is 628. The first kappa shape index (κ1) is 16.2. The number of nitrogens with two attached hydrogens (primary N) is 1. The van der Waals surface area contributed by atoms with E-state index in [1.54, 1.807) is 18.7 Å². The number of rotatable bonds is 5. The molecule has 2 heterocycles. The van der Waals surface area contributed by atoms with Gasteiger partial charge in [0.2, 0.25) is 5.91 Å². The Kier molecular flexibility index (Phi) is 4.89. The van der Waals surface area contributed by atoms with E-state index in [0.717, 1.165) is 0 Å². The molecule has 0 radical (unpaired) electrons. The summed E-state index contributed by atoms with van der Waals surface area (Å²) in [6.45, 7) is 0.290. The zero-order valence-corrected chi connectivity index (χ0v) is 13.7. The Morgan fingerprint density at radius 1 is 1.52 bits per heavy atom. The molecular formula is C11H19N5O3S2. The van der Waals surface area contributed by atoms with Gasteiger partial charge in [0.25, 0.3) is 0 Å². The van der Waals surface area contributed by atoms with Crippen molar-refractivity contribution in [3.63, 3.8) is 0 Å². The van der Waals surface area contributed by atoms with Crippen LogP contribution in [0.15, 0.2) is 5.16 Å². The van der Waals surface area contributed by atoms with Gasteiger partial charge in [-0.25, -0.2) is 8.42 Å². The van der Waals surface area contributed by atoms with Crippen LogP contribution in [-0.4, -0.2) is 64.3 Å². The van der Waals surface area contributed by atoms with Crippen LogP contribution < -0.4 is 5.73 Å². The third kappa shape index (κ3) is 3.74. The molecule has 0 saturated carbocycles. The van der Waals surface area contributed by atoms with Crippen molar-refractivity contribution in [3.8, 4) is 0 Å². The fraction of sp³-hybridized carbons (Fsp3) is 0.727. The minimum atomic E-state index is -2.99. The standard InChI is InChI=1S/C11H19N5O3S2/c1-15(8-3-4-21(18,19)7-8)10(17)6-20-11-14-13-9(5-12)16(11)2/h8H,3-7,12H2,1-2H3. The maximum Gasteiger partial charge on any atom is 0.233 e. The number of aromatic nitrogens is 3. The highest BCUT2D eigenvalue weighted by Crippen LogP contribution is 2.20. The maximum absolute atomic E-state index is 12.1. The summed E-state index contributed by atoms with van der Waals surface area (Å²) in [4.78, 5) is 13.7. The second-order valence-electron chi connectivity index (χ2n) is 5.01. The first-order valence-corrected chi connectivity index (χ1v) is 9.32. The lowest BCUT2D eigenvalue weighted by Gasteiger charge is -2.23. The summed E-state index contributed by atoms with van der Waals surface area (Å²) in [7, 11) is 0.454. The molecule has 0 spiro atoms. The van der Waals surface area contributed by atoms with Crippen LogP contribution in [0.4, 0.5) is 0 Å². The molecule has 10 heteroatoms. The molecule has 1 fully saturated rings. The quantitative estimate of drug-likeness (QED) is 0.689. The van der Waals surface area contributed by atoms with Crippen molar-refractivity contribution in [3.05, 3.63) is 5.82 Å². The van der Waals surface area contributed by atoms with Gasteiger partial charge in [-0.15, -0.1) is 10.2 Å². The molecule has 1 aliphatic heterocycles. The number of sulfone groups is 1. The van der Waals surface area contributed by atoms with Crippen molar-refractivity contribution >= 4 is 27.5 Å². The highest BCUT2D eigenvalue weighted by atomic mass is 32.2. The zero-order chi connectivity index (χ0) is 15.6. The second kappa shape index (κ2) is 6.32. The minimum absolute atomic E-state index is 0.0567. The Hall–Kier alpha value is -1.13. The second-order valence-corrected chi connectivity index (χ2v) is 8.18. The van der Waals surface area contributed by atoms with Gasteiger partial charge in [0.05, 0.1) is 23.8 Å². The molecule has 1 aromatic heterocycles. The van der Waals surface area contributed by atoms with Crippen molar-refractivity contribution in [2.75, 3.05) is 24.3 Å². The van der Waals surface area contributed by atoms with Gasteiger partial charge in [-0.3, -0.25) is 4.79 Å². The lowest BCUT2D eigenvalue weighted by Crippen LogP contribution is -2.38. The fourth-order valence-electron chi connectivity index (χ4n) is 2.16. The molecule has 1 aromatic rings. The average Bonchev–Trinajstić information content (AvgIpc) is 2.98. The van der Waals surface area contributed by atoms with Gasteiger partial charge in [-0.2, -0.15) is 0 Å². The molecule has 2 N–H and O–H groups in total. The molecule has 8 nitrogen and oxygen atoms in total. The fourth-order valence-corrected chi connectivity index (χ4v) is 4.79. The largest absolute Gasteiger partial charge is 0.341 e. The number of hydrogen-bond acceptors (Lipinski definition) is 7. The van der Waals surface area contributed by atoms with E-state index in [1.807, 2.05) is 0 Å². The molecule has 2 rings (SSSR count). The molecule has 21 heavy (non-hydrogen) atoms. The van der Waals surface area contributed by atoms with E-state index in [1.165, 1.54) is 16.7 Å². The molecular weight excluding hydrogens is 314 g/mol. The summed E-state index contributed by atoms with van der Waals surface area (Å²) in [5.41, 5.74) is 5.51. The third-order valence-electron chi connectivity index (χ3n) is 3.58. The monoisotopic (exact) mass is 333 g/mol. The molecule has 1 atom stereocenters. The van der Waals surface area contributed by atoms with Crippen LogP contribution in [0.1, 0.15) is 12.2 Å².